The molecular formula is C14H21NO5S. The monoisotopic (exact) mass is 315 g/mol. The van der Waals surface area contributed by atoms with Crippen molar-refractivity contribution in [2.45, 2.75) is 23.8 Å². The number of hydrogen-bond acceptors (Lipinski definition) is 5. The summed E-state index contributed by atoms with van der Waals surface area (Å²) in [5.41, 5.74) is 0. The van der Waals surface area contributed by atoms with Gasteiger partial charge in [0, 0.05) is 19.7 Å². The molecule has 0 spiro atoms. The summed E-state index contributed by atoms with van der Waals surface area (Å²) in [6.45, 7) is 0.0986. The standard InChI is InChI=1S/C14H21NO5S/c1-15(9-12(16)10-4-5-10)21(17,18)11-6-7-13(19-2)14(8-11)20-3/h6-8,10,12,16H,4-5,9H2,1-3H3/t12-/m0/s1. The number of methoxy groups -OCH3 is 2. The number of likely N-dealkylation sites (N-methyl/N-ethyl adjacent to an activating group) is 1. The van der Waals surface area contributed by atoms with Gasteiger partial charge in [0.05, 0.1) is 25.2 Å². The Morgan fingerprint density at radius 2 is 1.90 bits per heavy atom. The molecule has 0 saturated heterocycles. The molecule has 1 fully saturated rings. The van der Waals surface area contributed by atoms with Crippen LogP contribution >= 0.6 is 0 Å². The van der Waals surface area contributed by atoms with Crippen molar-refractivity contribution in [1.29, 1.82) is 0 Å². The SMILES string of the molecule is COc1ccc(S(=O)(=O)N(C)C[C@H](O)C2CC2)cc1OC. The summed E-state index contributed by atoms with van der Waals surface area (Å²) >= 11 is 0. The normalized spacial score (nSPS) is 16.8. The Morgan fingerprint density at radius 1 is 1.29 bits per heavy atom. The highest BCUT2D eigenvalue weighted by Gasteiger charge is 2.33. The first-order valence-corrected chi connectivity index (χ1v) is 8.20. The first-order chi connectivity index (χ1) is 9.90. The Bertz CT molecular complexity index is 597. The highest BCUT2D eigenvalue weighted by atomic mass is 32.2. The van der Waals surface area contributed by atoms with E-state index in [-0.39, 0.29) is 17.4 Å². The van der Waals surface area contributed by atoms with Crippen molar-refractivity contribution in [2.24, 2.45) is 5.92 Å². The molecule has 0 radical (unpaired) electrons. The molecule has 0 aliphatic heterocycles. The van der Waals surface area contributed by atoms with Crippen molar-refractivity contribution in [3.63, 3.8) is 0 Å². The third-order valence-electron chi connectivity index (χ3n) is 3.67. The van der Waals surface area contributed by atoms with Crippen LogP contribution in [0.4, 0.5) is 0 Å². The summed E-state index contributed by atoms with van der Waals surface area (Å²) in [4.78, 5) is 0.116. The van der Waals surface area contributed by atoms with Gasteiger partial charge in [-0.2, -0.15) is 4.31 Å². The highest BCUT2D eigenvalue weighted by molar-refractivity contribution is 7.89. The van der Waals surface area contributed by atoms with Gasteiger partial charge >= 0.3 is 0 Å². The summed E-state index contributed by atoms with van der Waals surface area (Å²) in [6.07, 6.45) is 1.32. The maximum atomic E-state index is 12.5. The van der Waals surface area contributed by atoms with Crippen molar-refractivity contribution in [1.82, 2.24) is 4.31 Å². The average molecular weight is 315 g/mol. The lowest BCUT2D eigenvalue weighted by Gasteiger charge is -2.21. The minimum Gasteiger partial charge on any atom is -0.493 e. The first-order valence-electron chi connectivity index (χ1n) is 6.76. The second-order valence-corrected chi connectivity index (χ2v) is 7.25. The lowest BCUT2D eigenvalue weighted by atomic mass is 10.2. The number of benzene rings is 1. The van der Waals surface area contributed by atoms with Gasteiger partial charge < -0.3 is 14.6 Å². The predicted molar refractivity (Wildman–Crippen MR) is 78.1 cm³/mol. The quantitative estimate of drug-likeness (QED) is 0.815. The first kappa shape index (κ1) is 16.1. The van der Waals surface area contributed by atoms with Gasteiger partial charge in [-0.05, 0) is 30.9 Å². The second kappa shape index (κ2) is 6.21. The Morgan fingerprint density at radius 3 is 2.43 bits per heavy atom. The van der Waals surface area contributed by atoms with Gasteiger partial charge in [-0.25, -0.2) is 8.42 Å². The van der Waals surface area contributed by atoms with Crippen molar-refractivity contribution in [2.75, 3.05) is 27.8 Å². The van der Waals surface area contributed by atoms with E-state index in [1.807, 2.05) is 0 Å². The summed E-state index contributed by atoms with van der Waals surface area (Å²) in [5, 5.41) is 9.90. The van der Waals surface area contributed by atoms with E-state index in [0.29, 0.717) is 11.5 Å². The van der Waals surface area contributed by atoms with Crippen molar-refractivity contribution >= 4 is 10.0 Å². The van der Waals surface area contributed by atoms with Gasteiger partial charge in [0.2, 0.25) is 10.0 Å². The molecule has 21 heavy (non-hydrogen) atoms. The molecule has 1 saturated carbocycles. The van der Waals surface area contributed by atoms with Crippen LogP contribution in [0.3, 0.4) is 0 Å². The zero-order valence-electron chi connectivity index (χ0n) is 12.4. The number of sulfonamides is 1. The molecule has 0 heterocycles. The summed E-state index contributed by atoms with van der Waals surface area (Å²) in [5.74, 6) is 1.06. The molecule has 1 aliphatic rings. The minimum atomic E-state index is -3.66. The van der Waals surface area contributed by atoms with Crippen molar-refractivity contribution < 1.29 is 23.0 Å². The number of nitrogens with zero attached hydrogens (tertiary/aromatic N) is 1. The Labute approximate surface area is 125 Å². The number of aliphatic hydroxyl groups excluding tert-OH is 1. The summed E-state index contributed by atoms with van der Waals surface area (Å²) in [6, 6.07) is 4.45. The zero-order valence-corrected chi connectivity index (χ0v) is 13.3. The fraction of sp³-hybridized carbons (Fsp3) is 0.571. The maximum absolute atomic E-state index is 12.5. The van der Waals surface area contributed by atoms with E-state index >= 15 is 0 Å². The number of aliphatic hydroxyl groups is 1. The number of hydrogen-bond donors (Lipinski definition) is 1. The molecule has 1 aromatic carbocycles. The second-order valence-electron chi connectivity index (χ2n) is 5.21. The van der Waals surface area contributed by atoms with Crippen LogP contribution in [0.2, 0.25) is 0 Å². The molecule has 1 aliphatic carbocycles. The van der Waals surface area contributed by atoms with Crippen LogP contribution in [0.15, 0.2) is 23.1 Å². The van der Waals surface area contributed by atoms with Crippen molar-refractivity contribution in [3.8, 4) is 11.5 Å². The molecule has 2 rings (SSSR count). The molecule has 0 unspecified atom stereocenters. The molecule has 0 amide bonds. The van der Waals surface area contributed by atoms with Gasteiger partial charge in [-0.1, -0.05) is 0 Å². The minimum absolute atomic E-state index is 0.0986. The van der Waals surface area contributed by atoms with Crippen molar-refractivity contribution in [3.05, 3.63) is 18.2 Å². The van der Waals surface area contributed by atoms with E-state index < -0.39 is 16.1 Å². The molecular weight excluding hydrogens is 294 g/mol. The smallest absolute Gasteiger partial charge is 0.243 e. The molecule has 7 heteroatoms. The third-order valence-corrected chi connectivity index (χ3v) is 5.49. The fourth-order valence-electron chi connectivity index (χ4n) is 2.15. The van der Waals surface area contributed by atoms with Crippen LogP contribution in [-0.4, -0.2) is 51.7 Å². The molecule has 0 bridgehead atoms. The summed E-state index contributed by atoms with van der Waals surface area (Å²) < 4.78 is 36.4. The van der Waals surface area contributed by atoms with E-state index in [0.717, 1.165) is 12.8 Å². The molecule has 1 atom stereocenters. The van der Waals surface area contributed by atoms with Gasteiger partial charge in [0.1, 0.15) is 0 Å². The lowest BCUT2D eigenvalue weighted by molar-refractivity contribution is 0.131. The van der Waals surface area contributed by atoms with Crippen LogP contribution in [0, 0.1) is 5.92 Å². The molecule has 6 nitrogen and oxygen atoms in total. The number of ether oxygens (including phenoxy) is 2. The van der Waals surface area contributed by atoms with E-state index in [9.17, 15) is 13.5 Å². The fourth-order valence-corrected chi connectivity index (χ4v) is 3.35. The van der Waals surface area contributed by atoms with Crippen LogP contribution in [0.5, 0.6) is 11.5 Å². The topological polar surface area (TPSA) is 76.1 Å². The van der Waals surface area contributed by atoms with Crippen LogP contribution in [0.1, 0.15) is 12.8 Å². The largest absolute Gasteiger partial charge is 0.493 e. The molecule has 0 aromatic heterocycles. The van der Waals surface area contributed by atoms with E-state index in [2.05, 4.69) is 0 Å². The van der Waals surface area contributed by atoms with E-state index in [1.54, 1.807) is 6.07 Å². The van der Waals surface area contributed by atoms with Crippen LogP contribution < -0.4 is 9.47 Å². The van der Waals surface area contributed by atoms with E-state index in [4.69, 9.17) is 9.47 Å². The van der Waals surface area contributed by atoms with Gasteiger partial charge in [-0.15, -0.1) is 0 Å². The summed E-state index contributed by atoms with van der Waals surface area (Å²) in [7, 11) is 0.754. The molecule has 1 aromatic rings. The van der Waals surface area contributed by atoms with Gasteiger partial charge in [-0.3, -0.25) is 0 Å². The molecule has 1 N–H and O–H groups in total. The Hall–Kier alpha value is -1.31. The van der Waals surface area contributed by atoms with Gasteiger partial charge in [0.15, 0.2) is 11.5 Å². The number of rotatable bonds is 7. The zero-order chi connectivity index (χ0) is 15.6. The van der Waals surface area contributed by atoms with Crippen LogP contribution in [0.25, 0.3) is 0 Å². The lowest BCUT2D eigenvalue weighted by Crippen LogP contribution is -2.35. The maximum Gasteiger partial charge on any atom is 0.243 e. The Balaban J connectivity index is 2.21. The van der Waals surface area contributed by atoms with Crippen LogP contribution in [-0.2, 0) is 10.0 Å². The molecule has 118 valence electrons. The predicted octanol–water partition coefficient (Wildman–Crippen LogP) is 1.10. The van der Waals surface area contributed by atoms with E-state index in [1.165, 1.54) is 37.7 Å². The van der Waals surface area contributed by atoms with Gasteiger partial charge in [0.25, 0.3) is 0 Å². The highest BCUT2D eigenvalue weighted by Crippen LogP contribution is 2.34. The third kappa shape index (κ3) is 3.48. The Kier molecular flexibility index (Phi) is 4.75. The average Bonchev–Trinajstić information content (AvgIpc) is 3.30.